The number of carboxylic acid groups (broad SMARTS) is 2. The van der Waals surface area contributed by atoms with Crippen molar-refractivity contribution >= 4 is 17.7 Å². The van der Waals surface area contributed by atoms with Crippen LogP contribution in [0.5, 0.6) is 0 Å². The Hall–Kier alpha value is -1.47. The maximum atomic E-state index is 11.3. The van der Waals surface area contributed by atoms with Gasteiger partial charge in [-0.05, 0) is 6.42 Å². The topological polar surface area (TPSA) is 121 Å². The third-order valence-corrected chi connectivity index (χ3v) is 2.38. The predicted octanol–water partition coefficient (Wildman–Crippen LogP) is -0.975. The molecule has 1 rings (SSSR count). The van der Waals surface area contributed by atoms with Gasteiger partial charge >= 0.3 is 11.9 Å². The molecule has 16 heavy (non-hydrogen) atoms. The van der Waals surface area contributed by atoms with Crippen LogP contribution < -0.4 is 0 Å². The Balaban J connectivity index is 3.04. The van der Waals surface area contributed by atoms with Gasteiger partial charge in [0, 0.05) is 19.4 Å². The molecule has 1 saturated heterocycles. The van der Waals surface area contributed by atoms with Gasteiger partial charge in [0.15, 0.2) is 6.10 Å². The number of ether oxygens (including phenoxy) is 1. The van der Waals surface area contributed by atoms with Crippen LogP contribution in [0, 0.1) is 0 Å². The molecule has 0 spiro atoms. The number of carboxylic acids is 2. The zero-order valence-electron chi connectivity index (χ0n) is 8.38. The van der Waals surface area contributed by atoms with Crippen LogP contribution in [0.25, 0.3) is 0 Å². The number of hydrogen-bond donors (Lipinski definition) is 3. The summed E-state index contributed by atoms with van der Waals surface area (Å²) in [5.74, 6) is -3.85. The number of aliphatic carboxylic acids is 2. The van der Waals surface area contributed by atoms with Gasteiger partial charge in [-0.3, -0.25) is 4.79 Å². The van der Waals surface area contributed by atoms with Crippen LogP contribution >= 0.6 is 0 Å². The fourth-order valence-corrected chi connectivity index (χ4v) is 1.55. The Kier molecular flexibility index (Phi) is 3.61. The molecule has 7 heteroatoms. The highest BCUT2D eigenvalue weighted by Crippen LogP contribution is 2.23. The van der Waals surface area contributed by atoms with Gasteiger partial charge in [-0.1, -0.05) is 0 Å². The summed E-state index contributed by atoms with van der Waals surface area (Å²) < 4.78 is 4.79. The van der Waals surface area contributed by atoms with Crippen molar-refractivity contribution < 1.29 is 34.4 Å². The van der Waals surface area contributed by atoms with E-state index in [0.717, 1.165) is 0 Å². The van der Waals surface area contributed by atoms with Gasteiger partial charge in [0.25, 0.3) is 0 Å². The second-order valence-electron chi connectivity index (χ2n) is 3.64. The number of rotatable bonds is 2. The summed E-state index contributed by atoms with van der Waals surface area (Å²) in [5.41, 5.74) is -2.69. The highest BCUT2D eigenvalue weighted by Gasteiger charge is 2.51. The largest absolute Gasteiger partial charge is 0.479 e. The van der Waals surface area contributed by atoms with Crippen molar-refractivity contribution in [2.24, 2.45) is 0 Å². The van der Waals surface area contributed by atoms with Crippen LogP contribution in [-0.2, 0) is 19.1 Å². The average Bonchev–Trinajstić information content (AvgIpc) is 2.13. The van der Waals surface area contributed by atoms with Gasteiger partial charge in [0.1, 0.15) is 5.78 Å². The lowest BCUT2D eigenvalue weighted by molar-refractivity contribution is -0.193. The quantitative estimate of drug-likeness (QED) is 0.559. The van der Waals surface area contributed by atoms with Gasteiger partial charge in [0.2, 0.25) is 5.60 Å². The van der Waals surface area contributed by atoms with E-state index < -0.39 is 35.8 Å². The molecule has 2 atom stereocenters. The normalized spacial score (nSPS) is 31.6. The molecule has 0 aromatic carbocycles. The lowest BCUT2D eigenvalue weighted by Crippen LogP contribution is -2.56. The van der Waals surface area contributed by atoms with Crippen molar-refractivity contribution in [2.75, 3.05) is 6.61 Å². The smallest absolute Gasteiger partial charge is 0.339 e. The van der Waals surface area contributed by atoms with Crippen molar-refractivity contribution in [1.82, 2.24) is 0 Å². The van der Waals surface area contributed by atoms with E-state index in [4.69, 9.17) is 14.9 Å². The molecular weight excluding hydrogens is 220 g/mol. The summed E-state index contributed by atoms with van der Waals surface area (Å²) in [7, 11) is 0. The fraction of sp³-hybridized carbons (Fsp3) is 0.667. The van der Waals surface area contributed by atoms with Crippen molar-refractivity contribution in [3.63, 3.8) is 0 Å². The van der Waals surface area contributed by atoms with Crippen LogP contribution in [0.2, 0.25) is 0 Å². The van der Waals surface area contributed by atoms with Gasteiger partial charge < -0.3 is 20.1 Å². The molecule has 7 nitrogen and oxygen atoms in total. The molecule has 0 radical (unpaired) electrons. The van der Waals surface area contributed by atoms with Gasteiger partial charge in [0.05, 0.1) is 0 Å². The maximum absolute atomic E-state index is 11.3. The van der Waals surface area contributed by atoms with Gasteiger partial charge in [-0.15, -0.1) is 0 Å². The van der Waals surface area contributed by atoms with E-state index in [1.54, 1.807) is 0 Å². The van der Waals surface area contributed by atoms with Crippen LogP contribution in [0.15, 0.2) is 0 Å². The number of Topliss-reactive ketones (excluding diaryl/α,β-unsaturated/α-hetero) is 1. The second kappa shape index (κ2) is 4.58. The molecule has 1 aliphatic rings. The zero-order chi connectivity index (χ0) is 12.3. The van der Waals surface area contributed by atoms with E-state index in [-0.39, 0.29) is 13.0 Å². The minimum atomic E-state index is -2.69. The van der Waals surface area contributed by atoms with E-state index >= 15 is 0 Å². The molecule has 0 amide bonds. The standard InChI is InChI=1S/C9H12O7/c10-5-2-1-3-16-6(7(11)12)9(15,4-5)8(13)14/h6,15H,1-4H2,(H,11,12)(H,13,14)/t6-,9+/m0/s1. The number of hydrogen-bond acceptors (Lipinski definition) is 5. The number of carbonyl (C=O) groups is 3. The Morgan fingerprint density at radius 3 is 2.50 bits per heavy atom. The molecule has 0 aromatic rings. The lowest BCUT2D eigenvalue weighted by atomic mass is 9.88. The summed E-state index contributed by atoms with van der Waals surface area (Å²) in [6, 6.07) is 0. The molecule has 0 saturated carbocycles. The molecule has 1 fully saturated rings. The molecule has 0 aliphatic carbocycles. The SMILES string of the molecule is O=C1CCCO[C@@H](C(=O)O)[C@@](O)(C(=O)O)C1. The van der Waals surface area contributed by atoms with Gasteiger partial charge in [-0.2, -0.15) is 0 Å². The predicted molar refractivity (Wildman–Crippen MR) is 48.8 cm³/mol. The van der Waals surface area contributed by atoms with Crippen LogP contribution in [0.4, 0.5) is 0 Å². The molecule has 3 N–H and O–H groups in total. The van der Waals surface area contributed by atoms with Crippen molar-refractivity contribution in [3.05, 3.63) is 0 Å². The number of ketones is 1. The first-order valence-electron chi connectivity index (χ1n) is 4.70. The Morgan fingerprint density at radius 1 is 1.38 bits per heavy atom. The minimum absolute atomic E-state index is 0.0711. The third kappa shape index (κ3) is 2.37. The van der Waals surface area contributed by atoms with Crippen LogP contribution in [0.1, 0.15) is 19.3 Å². The summed E-state index contributed by atoms with van der Waals surface area (Å²) in [5, 5.41) is 27.3. The van der Waals surface area contributed by atoms with E-state index in [9.17, 15) is 19.5 Å². The van der Waals surface area contributed by atoms with Crippen molar-refractivity contribution in [2.45, 2.75) is 31.0 Å². The summed E-state index contributed by atoms with van der Waals surface area (Å²) in [6.45, 7) is -0.0711. The lowest BCUT2D eigenvalue weighted by Gasteiger charge is -2.30. The molecule has 0 aromatic heterocycles. The highest BCUT2D eigenvalue weighted by atomic mass is 16.5. The van der Waals surface area contributed by atoms with E-state index in [1.807, 2.05) is 0 Å². The Morgan fingerprint density at radius 2 is 2.00 bits per heavy atom. The molecule has 0 unspecified atom stereocenters. The van der Waals surface area contributed by atoms with E-state index in [2.05, 4.69) is 0 Å². The first-order chi connectivity index (χ1) is 7.38. The molecule has 1 aliphatic heterocycles. The number of carbonyl (C=O) groups excluding carboxylic acids is 1. The second-order valence-corrected chi connectivity index (χ2v) is 3.64. The van der Waals surface area contributed by atoms with Crippen LogP contribution in [0.3, 0.4) is 0 Å². The maximum Gasteiger partial charge on any atom is 0.339 e. The monoisotopic (exact) mass is 232 g/mol. The Labute approximate surface area is 90.6 Å². The van der Waals surface area contributed by atoms with E-state index in [1.165, 1.54) is 0 Å². The van der Waals surface area contributed by atoms with Crippen LogP contribution in [-0.4, -0.2) is 51.4 Å². The summed E-state index contributed by atoms with van der Waals surface area (Å²) in [4.78, 5) is 32.9. The molecule has 90 valence electrons. The molecule has 1 heterocycles. The summed E-state index contributed by atoms with van der Waals surface area (Å²) in [6.07, 6.45) is -2.28. The first-order valence-corrected chi connectivity index (χ1v) is 4.70. The van der Waals surface area contributed by atoms with Crippen molar-refractivity contribution in [3.8, 4) is 0 Å². The molecule has 0 bridgehead atoms. The average molecular weight is 232 g/mol. The highest BCUT2D eigenvalue weighted by molar-refractivity contribution is 5.93. The molecular formula is C9H12O7. The summed E-state index contributed by atoms with van der Waals surface area (Å²) >= 11 is 0. The third-order valence-electron chi connectivity index (χ3n) is 2.38. The fourth-order valence-electron chi connectivity index (χ4n) is 1.55. The Bertz CT molecular complexity index is 322. The van der Waals surface area contributed by atoms with Crippen molar-refractivity contribution in [1.29, 1.82) is 0 Å². The van der Waals surface area contributed by atoms with Gasteiger partial charge in [-0.25, -0.2) is 9.59 Å². The number of aliphatic hydroxyl groups is 1. The van der Waals surface area contributed by atoms with E-state index in [0.29, 0.717) is 6.42 Å². The zero-order valence-corrected chi connectivity index (χ0v) is 8.38. The first kappa shape index (κ1) is 12.6. The minimum Gasteiger partial charge on any atom is -0.479 e.